The molecule has 0 aromatic heterocycles. The van der Waals surface area contributed by atoms with Crippen LogP contribution in [-0.4, -0.2) is 12.5 Å². The zero-order chi connectivity index (χ0) is 21.5. The fourth-order valence-electron chi connectivity index (χ4n) is 3.28. The van der Waals surface area contributed by atoms with Crippen LogP contribution >= 0.6 is 0 Å². The number of halogens is 1. The van der Waals surface area contributed by atoms with Gasteiger partial charge in [0.2, 0.25) is 0 Å². The topological polar surface area (TPSA) is 69.8 Å². The van der Waals surface area contributed by atoms with Gasteiger partial charge >= 0.3 is 0 Å². The third kappa shape index (κ3) is 5.58. The summed E-state index contributed by atoms with van der Waals surface area (Å²) in [6.07, 6.45) is 4.66. The van der Waals surface area contributed by atoms with Gasteiger partial charge in [0.15, 0.2) is 11.5 Å². The average molecular weight is 415 g/mol. The van der Waals surface area contributed by atoms with E-state index < -0.39 is 0 Å². The number of rotatable bonds is 7. The van der Waals surface area contributed by atoms with Crippen molar-refractivity contribution in [2.45, 2.75) is 6.42 Å². The highest BCUT2D eigenvalue weighted by Crippen LogP contribution is 2.14. The number of nitrogens with two attached hydrogens (primary N) is 1. The van der Waals surface area contributed by atoms with Gasteiger partial charge in [-0.2, -0.15) is 0 Å². The van der Waals surface area contributed by atoms with Gasteiger partial charge in [-0.15, -0.1) is 0 Å². The molecule has 31 heavy (non-hydrogen) atoms. The Bertz CT molecular complexity index is 1110. The quantitative estimate of drug-likeness (QED) is 0.448. The van der Waals surface area contributed by atoms with Crippen LogP contribution < -0.4 is 21.5 Å². The molecular weight excluding hydrogens is 391 g/mol. The van der Waals surface area contributed by atoms with Gasteiger partial charge in [0.25, 0.3) is 5.91 Å². The number of hydrogen-bond acceptors (Lipinski definition) is 3. The molecule has 0 radical (unpaired) electrons. The minimum atomic E-state index is -0.260. The van der Waals surface area contributed by atoms with Crippen LogP contribution in [-0.2, 0) is 6.42 Å². The van der Waals surface area contributed by atoms with Crippen molar-refractivity contribution in [2.75, 3.05) is 11.9 Å². The van der Waals surface area contributed by atoms with Crippen molar-refractivity contribution in [2.24, 2.45) is 0 Å². The number of benzene rings is 3. The minimum Gasteiger partial charge on any atom is -0.352 e. The van der Waals surface area contributed by atoms with E-state index in [1.165, 1.54) is 12.1 Å². The maximum Gasteiger partial charge on any atom is 0.251 e. The number of allylic oxidation sites excluding steroid dienone is 2. The molecule has 156 valence electrons. The summed E-state index contributed by atoms with van der Waals surface area (Å²) in [6, 6.07) is 23.8. The van der Waals surface area contributed by atoms with E-state index in [-0.39, 0.29) is 11.7 Å². The molecule has 0 atom stereocenters. The number of hydrogen-bond donors (Lipinski definition) is 4. The minimum absolute atomic E-state index is 0.144. The first kappa shape index (κ1) is 20.4. The zero-order valence-electron chi connectivity index (χ0n) is 16.9. The van der Waals surface area contributed by atoms with Crippen molar-refractivity contribution >= 4 is 17.3 Å². The van der Waals surface area contributed by atoms with Gasteiger partial charge in [-0.3, -0.25) is 4.79 Å². The molecule has 6 heteroatoms. The van der Waals surface area contributed by atoms with E-state index in [0.717, 1.165) is 28.3 Å². The lowest BCUT2D eigenvalue weighted by atomic mass is 10.1. The van der Waals surface area contributed by atoms with E-state index in [1.54, 1.807) is 18.2 Å². The first-order valence-electron chi connectivity index (χ1n) is 10.1. The average Bonchev–Trinajstić information content (AvgIpc) is 2.81. The molecule has 3 aromatic rings. The SMILES string of the molecule is O=C(NCCc1ccc(F)cc1)c1cccc(NC2=CC=C(c3ccccc3)[NH2+]N2)c1. The Morgan fingerprint density at radius 3 is 2.48 bits per heavy atom. The van der Waals surface area contributed by atoms with Crippen LogP contribution in [0.3, 0.4) is 0 Å². The normalized spacial score (nSPS) is 12.9. The summed E-state index contributed by atoms with van der Waals surface area (Å²) >= 11 is 0. The van der Waals surface area contributed by atoms with Crippen molar-refractivity contribution in [3.8, 4) is 0 Å². The van der Waals surface area contributed by atoms with Crippen LogP contribution in [0.4, 0.5) is 10.1 Å². The van der Waals surface area contributed by atoms with Gasteiger partial charge in [-0.05, 0) is 60.5 Å². The standard InChI is InChI=1S/C25H23FN4O/c26-21-11-9-18(10-12-21)15-16-27-25(31)20-7-4-8-22(17-20)28-24-14-13-23(29-30-24)19-5-2-1-3-6-19/h1-14,17,28-30H,15-16H2,(H,27,31)/p+1. The predicted molar refractivity (Wildman–Crippen MR) is 120 cm³/mol. The molecule has 4 rings (SSSR count). The van der Waals surface area contributed by atoms with Crippen molar-refractivity contribution in [1.29, 1.82) is 0 Å². The third-order valence-corrected chi connectivity index (χ3v) is 4.94. The Labute approximate surface area is 180 Å². The number of nitrogens with one attached hydrogen (secondary N) is 3. The summed E-state index contributed by atoms with van der Waals surface area (Å²) in [5.74, 6) is 0.423. The van der Waals surface area contributed by atoms with Crippen LogP contribution in [0.15, 0.2) is 96.8 Å². The Balaban J connectivity index is 1.34. The lowest BCUT2D eigenvalue weighted by molar-refractivity contribution is -0.618. The maximum atomic E-state index is 13.0. The van der Waals surface area contributed by atoms with Crippen LogP contribution in [0.2, 0.25) is 0 Å². The molecule has 0 spiro atoms. The van der Waals surface area contributed by atoms with Crippen LogP contribution in [0, 0.1) is 5.82 Å². The summed E-state index contributed by atoms with van der Waals surface area (Å²) in [4.78, 5) is 12.5. The fourth-order valence-corrected chi connectivity index (χ4v) is 3.28. The number of anilines is 1. The van der Waals surface area contributed by atoms with Gasteiger partial charge in [0, 0.05) is 29.4 Å². The third-order valence-electron chi connectivity index (χ3n) is 4.94. The van der Waals surface area contributed by atoms with Crippen molar-refractivity contribution in [3.63, 3.8) is 0 Å². The molecule has 1 aliphatic heterocycles. The Kier molecular flexibility index (Phi) is 6.40. The van der Waals surface area contributed by atoms with Crippen LogP contribution in [0.25, 0.3) is 5.70 Å². The van der Waals surface area contributed by atoms with Crippen LogP contribution in [0.5, 0.6) is 0 Å². The summed E-state index contributed by atoms with van der Waals surface area (Å²) in [6.45, 7) is 0.483. The monoisotopic (exact) mass is 415 g/mol. The summed E-state index contributed by atoms with van der Waals surface area (Å²) < 4.78 is 13.0. The highest BCUT2D eigenvalue weighted by molar-refractivity contribution is 5.95. The summed E-state index contributed by atoms with van der Waals surface area (Å²) in [5.41, 5.74) is 9.81. The van der Waals surface area contributed by atoms with Crippen molar-refractivity contribution < 1.29 is 14.6 Å². The molecule has 0 fully saturated rings. The maximum absolute atomic E-state index is 13.0. The number of amides is 1. The fraction of sp³-hybridized carbons (Fsp3) is 0.0800. The molecule has 0 aliphatic carbocycles. The first-order chi connectivity index (χ1) is 15.2. The van der Waals surface area contributed by atoms with E-state index in [9.17, 15) is 9.18 Å². The Morgan fingerprint density at radius 2 is 1.74 bits per heavy atom. The molecule has 1 aliphatic rings. The predicted octanol–water partition coefficient (Wildman–Crippen LogP) is 3.17. The van der Waals surface area contributed by atoms with Gasteiger partial charge in [-0.1, -0.05) is 36.4 Å². The molecule has 0 bridgehead atoms. The second-order valence-electron chi connectivity index (χ2n) is 7.20. The van der Waals surface area contributed by atoms with Gasteiger partial charge < -0.3 is 10.6 Å². The second-order valence-corrected chi connectivity index (χ2v) is 7.20. The van der Waals surface area contributed by atoms with Gasteiger partial charge in [0.1, 0.15) is 5.82 Å². The first-order valence-corrected chi connectivity index (χ1v) is 10.1. The van der Waals surface area contributed by atoms with E-state index in [1.807, 2.05) is 54.0 Å². The van der Waals surface area contributed by atoms with E-state index in [4.69, 9.17) is 0 Å². The number of carbonyl (C=O) groups excluding carboxylic acids is 1. The highest BCUT2D eigenvalue weighted by atomic mass is 19.1. The van der Waals surface area contributed by atoms with E-state index in [2.05, 4.69) is 28.2 Å². The van der Waals surface area contributed by atoms with Gasteiger partial charge in [-0.25, -0.2) is 15.2 Å². The number of carbonyl (C=O) groups is 1. The van der Waals surface area contributed by atoms with Crippen molar-refractivity contribution in [1.82, 2.24) is 10.7 Å². The smallest absolute Gasteiger partial charge is 0.251 e. The Hall–Kier alpha value is -3.90. The molecule has 3 aromatic carbocycles. The van der Waals surface area contributed by atoms with Crippen LogP contribution in [0.1, 0.15) is 21.5 Å². The Morgan fingerprint density at radius 1 is 0.935 bits per heavy atom. The zero-order valence-corrected chi connectivity index (χ0v) is 16.9. The number of quaternary nitrogens is 1. The van der Waals surface area contributed by atoms with Crippen molar-refractivity contribution in [3.05, 3.63) is 119 Å². The molecule has 1 amide bonds. The van der Waals surface area contributed by atoms with Gasteiger partial charge in [0.05, 0.1) is 0 Å². The van der Waals surface area contributed by atoms with E-state index in [0.29, 0.717) is 18.5 Å². The molecule has 0 saturated heterocycles. The van der Waals surface area contributed by atoms with E-state index >= 15 is 0 Å². The molecular formula is C25H24FN4O+. The summed E-state index contributed by atoms with van der Waals surface area (Å²) in [5, 5.41) is 6.20. The summed E-state index contributed by atoms with van der Waals surface area (Å²) in [7, 11) is 0. The second kappa shape index (κ2) is 9.73. The lowest BCUT2D eigenvalue weighted by Crippen LogP contribution is -2.91. The highest BCUT2D eigenvalue weighted by Gasteiger charge is 2.12. The largest absolute Gasteiger partial charge is 0.352 e. The molecule has 0 unspecified atom stereocenters. The molecule has 0 saturated carbocycles. The molecule has 5 nitrogen and oxygen atoms in total. The molecule has 1 heterocycles. The molecule has 5 N–H and O–H groups in total. The lowest BCUT2D eigenvalue weighted by Gasteiger charge is -2.16.